The van der Waals surface area contributed by atoms with Crippen molar-refractivity contribution in [3.8, 4) is 0 Å². The summed E-state index contributed by atoms with van der Waals surface area (Å²) in [6.45, 7) is 1.96. The molecule has 14 heavy (non-hydrogen) atoms. The van der Waals surface area contributed by atoms with Crippen LogP contribution in [0.15, 0.2) is 0 Å². The van der Waals surface area contributed by atoms with Crippen molar-refractivity contribution in [2.24, 2.45) is 0 Å². The van der Waals surface area contributed by atoms with Gasteiger partial charge in [0.1, 0.15) is 6.10 Å². The summed E-state index contributed by atoms with van der Waals surface area (Å²) in [5, 5.41) is 28.2. The summed E-state index contributed by atoms with van der Waals surface area (Å²) in [7, 11) is 0. The number of aliphatic hydroxyl groups excluding tert-OH is 3. The summed E-state index contributed by atoms with van der Waals surface area (Å²) in [6.07, 6.45) is -3.33. The lowest BCUT2D eigenvalue weighted by atomic mass is 10.0. The average Bonchev–Trinajstić information content (AvgIpc) is 2.19. The molecule has 1 unspecified atom stereocenters. The van der Waals surface area contributed by atoms with Gasteiger partial charge in [-0.25, -0.2) is 0 Å². The third-order valence-corrected chi connectivity index (χ3v) is 3.67. The average molecular weight is 315 g/mol. The fraction of sp³-hybridized carbons (Fsp3) is 1.00. The third kappa shape index (κ3) is 2.56. The summed E-state index contributed by atoms with van der Waals surface area (Å²) < 4.78 is 10.1. The molecule has 0 saturated carbocycles. The molecule has 84 valence electrons. The highest BCUT2D eigenvalue weighted by Gasteiger charge is 2.43. The second kappa shape index (κ2) is 5.57. The van der Waals surface area contributed by atoms with Gasteiger partial charge in [0.05, 0.1) is 22.7 Å². The highest BCUT2D eigenvalue weighted by Crippen LogP contribution is 2.27. The molecule has 0 spiro atoms. The lowest BCUT2D eigenvalue weighted by molar-refractivity contribution is -0.264. The summed E-state index contributed by atoms with van der Waals surface area (Å²) in [5.74, 6) is 0. The second-order valence-corrected chi connectivity index (χ2v) is 4.54. The maximum absolute atomic E-state index is 9.62. The van der Waals surface area contributed by atoms with Crippen molar-refractivity contribution < 1.29 is 24.8 Å². The summed E-state index contributed by atoms with van der Waals surface area (Å²) in [6, 6.07) is 0. The molecule has 1 rings (SSSR count). The fourth-order valence-corrected chi connectivity index (χ4v) is 2.17. The van der Waals surface area contributed by atoms with E-state index < -0.39 is 24.6 Å². The van der Waals surface area contributed by atoms with E-state index in [0.29, 0.717) is 6.61 Å². The van der Waals surface area contributed by atoms with Crippen LogP contribution in [-0.4, -0.2) is 57.1 Å². The van der Waals surface area contributed by atoms with Crippen molar-refractivity contribution in [2.45, 2.75) is 35.5 Å². The zero-order valence-electron chi connectivity index (χ0n) is 7.84. The van der Waals surface area contributed by atoms with Crippen molar-refractivity contribution in [1.82, 2.24) is 0 Å². The Labute approximate surface area is 96.2 Å². The minimum Gasteiger partial charge on any atom is -0.394 e. The number of hydrogen-bond donors (Lipinski definition) is 3. The van der Waals surface area contributed by atoms with E-state index in [0.717, 1.165) is 0 Å². The van der Waals surface area contributed by atoms with Crippen LogP contribution < -0.4 is 0 Å². The topological polar surface area (TPSA) is 79.2 Å². The molecule has 6 heteroatoms. The highest BCUT2D eigenvalue weighted by molar-refractivity contribution is 14.1. The van der Waals surface area contributed by atoms with Crippen LogP contribution in [0.5, 0.6) is 0 Å². The monoisotopic (exact) mass is 315 g/mol. The highest BCUT2D eigenvalue weighted by atomic mass is 124. The molecule has 0 aromatic heterocycles. The van der Waals surface area contributed by atoms with Crippen molar-refractivity contribution >= 4 is 22.6 Å². The Balaban J connectivity index is 2.63. The molecule has 3 N–H and O–H groups in total. The molecule has 1 saturated heterocycles. The van der Waals surface area contributed by atoms with Gasteiger partial charge >= 0.3 is 0 Å². The molecular weight excluding hydrogens is 300 g/mol. The first-order valence-electron chi connectivity index (χ1n) is 4.50. The molecule has 0 radical (unpaired) electrons. The normalized spacial score (nSPS) is 43.9. The number of aliphatic hydroxyl groups is 3. The first-order valence-corrected chi connectivity index (χ1v) is 5.74. The molecule has 1 aliphatic rings. The molecule has 1 aliphatic heterocycles. The molecule has 1 fully saturated rings. The van der Waals surface area contributed by atoms with Crippen LogP contribution in [0.4, 0.5) is 0 Å². The maximum atomic E-state index is 9.62. The van der Waals surface area contributed by atoms with Crippen LogP contribution in [-0.2, 0) is 9.47 Å². The maximum Gasteiger partial charge on any atom is 0.186 e. The Morgan fingerprint density at radius 3 is 2.50 bits per heavy atom. The quantitative estimate of drug-likeness (QED) is 0.473. The van der Waals surface area contributed by atoms with E-state index in [9.17, 15) is 10.2 Å². The van der Waals surface area contributed by atoms with E-state index in [2.05, 4.69) is 0 Å². The third-order valence-electron chi connectivity index (χ3n) is 2.13. The fourth-order valence-electron chi connectivity index (χ4n) is 1.34. The van der Waals surface area contributed by atoms with Gasteiger partial charge in [0.25, 0.3) is 0 Å². The van der Waals surface area contributed by atoms with Gasteiger partial charge < -0.3 is 24.8 Å². The van der Waals surface area contributed by atoms with E-state index >= 15 is 0 Å². The smallest absolute Gasteiger partial charge is 0.186 e. The summed E-state index contributed by atoms with van der Waals surface area (Å²) >= 11 is 1.95. The van der Waals surface area contributed by atoms with Crippen LogP contribution in [0.2, 0.25) is 0 Å². The zero-order chi connectivity index (χ0) is 10.7. The number of ether oxygens (including phenoxy) is 2. The summed E-state index contributed by atoms with van der Waals surface area (Å²) in [4.78, 5) is 0. The van der Waals surface area contributed by atoms with Gasteiger partial charge in [-0.05, 0) is 6.92 Å². The van der Waals surface area contributed by atoms with E-state index in [4.69, 9.17) is 14.6 Å². The van der Waals surface area contributed by atoms with Gasteiger partial charge in [-0.15, -0.1) is 0 Å². The van der Waals surface area contributed by atoms with Crippen LogP contribution in [0.1, 0.15) is 6.92 Å². The molecule has 0 amide bonds. The number of rotatable bonds is 3. The Bertz CT molecular complexity index is 175. The molecular formula is C8H15IO5. The lowest BCUT2D eigenvalue weighted by Crippen LogP contribution is -2.56. The Hall–Kier alpha value is 0.530. The lowest BCUT2D eigenvalue weighted by Gasteiger charge is -2.39. The van der Waals surface area contributed by atoms with Crippen molar-refractivity contribution in [2.75, 3.05) is 13.2 Å². The molecule has 0 bridgehead atoms. The zero-order valence-corrected chi connectivity index (χ0v) is 9.99. The Morgan fingerprint density at radius 2 is 2.00 bits per heavy atom. The van der Waals surface area contributed by atoms with E-state index in [1.54, 1.807) is 6.92 Å². The first kappa shape index (κ1) is 12.6. The van der Waals surface area contributed by atoms with E-state index in [1.165, 1.54) is 0 Å². The molecule has 1 heterocycles. The molecule has 0 aromatic rings. The van der Waals surface area contributed by atoms with Gasteiger partial charge in [-0.1, -0.05) is 22.6 Å². The van der Waals surface area contributed by atoms with Crippen LogP contribution >= 0.6 is 22.6 Å². The summed E-state index contributed by atoms with van der Waals surface area (Å²) in [5.41, 5.74) is 0. The molecule has 5 atom stereocenters. The number of alkyl halides is 1. The molecule has 0 aliphatic carbocycles. The first-order chi connectivity index (χ1) is 6.61. The van der Waals surface area contributed by atoms with Crippen molar-refractivity contribution in [1.29, 1.82) is 0 Å². The second-order valence-electron chi connectivity index (χ2n) is 3.11. The van der Waals surface area contributed by atoms with Crippen molar-refractivity contribution in [3.63, 3.8) is 0 Å². The standard InChI is InChI=1S/C8H15IO5/c1-2-13-8-7(12)6(11)5(9)4(3-10)14-8/h4-8,10-12H,2-3H2,1H3/t4-,5+,6+,7-,8?/m1/s1/i9-3. The minimum absolute atomic E-state index is 0.193. The van der Waals surface area contributed by atoms with Crippen molar-refractivity contribution in [3.05, 3.63) is 0 Å². The molecule has 0 aromatic carbocycles. The van der Waals surface area contributed by atoms with Gasteiger partial charge in [0, 0.05) is 6.61 Å². The predicted molar refractivity (Wildman–Crippen MR) is 57.2 cm³/mol. The Morgan fingerprint density at radius 1 is 1.36 bits per heavy atom. The van der Waals surface area contributed by atoms with E-state index in [-0.39, 0.29) is 10.5 Å². The minimum atomic E-state index is -1.06. The van der Waals surface area contributed by atoms with Gasteiger partial charge in [0.2, 0.25) is 0 Å². The Kier molecular flexibility index (Phi) is 5.01. The van der Waals surface area contributed by atoms with Gasteiger partial charge in [-0.2, -0.15) is 0 Å². The van der Waals surface area contributed by atoms with Crippen LogP contribution in [0, 0.1) is 0 Å². The van der Waals surface area contributed by atoms with Gasteiger partial charge in [-0.3, -0.25) is 0 Å². The van der Waals surface area contributed by atoms with E-state index in [1.807, 2.05) is 22.6 Å². The van der Waals surface area contributed by atoms with Crippen LogP contribution in [0.3, 0.4) is 0 Å². The largest absolute Gasteiger partial charge is 0.394 e. The van der Waals surface area contributed by atoms with Gasteiger partial charge in [0.15, 0.2) is 6.29 Å². The number of hydrogen-bond acceptors (Lipinski definition) is 5. The van der Waals surface area contributed by atoms with Crippen LogP contribution in [0.25, 0.3) is 0 Å². The number of halogens is 1. The molecule has 5 nitrogen and oxygen atoms in total. The predicted octanol–water partition coefficient (Wildman–Crippen LogP) is -0.735. The SMILES string of the molecule is CCOC1O[C@H](CO)[C@H]([124I])[C@H](O)[C@H]1O.